The Hall–Kier alpha value is -1.75. The van der Waals surface area contributed by atoms with Crippen LogP contribution in [0.15, 0.2) is 35.2 Å². The topological polar surface area (TPSA) is 169 Å². The number of carbonyl (C=O) groups excluding carboxylic acids is 1. The summed E-state index contributed by atoms with van der Waals surface area (Å²) in [7, 11) is 0. The van der Waals surface area contributed by atoms with Crippen LogP contribution in [-0.2, 0) is 9.53 Å². The molecule has 0 aromatic heterocycles. The van der Waals surface area contributed by atoms with Crippen molar-refractivity contribution < 1.29 is 35.1 Å². The van der Waals surface area contributed by atoms with Crippen LogP contribution < -0.4 is 11.1 Å². The van der Waals surface area contributed by atoms with Crippen LogP contribution in [0.4, 0.5) is 0 Å². The molecule has 7 aliphatic rings. The summed E-state index contributed by atoms with van der Waals surface area (Å²) in [6.45, 7) is 7.88. The fourth-order valence-corrected chi connectivity index (χ4v) is 12.6. The summed E-state index contributed by atoms with van der Waals surface area (Å²) in [5.41, 5.74) is 2.07. The van der Waals surface area contributed by atoms with Gasteiger partial charge in [0.2, 0.25) is 0 Å². The van der Waals surface area contributed by atoms with Crippen LogP contribution in [0.3, 0.4) is 0 Å². The maximum absolute atomic E-state index is 14.1. The summed E-state index contributed by atoms with van der Waals surface area (Å²) < 4.78 is 6.23. The highest BCUT2D eigenvalue weighted by molar-refractivity contribution is 5.95. The molecule has 12 unspecified atom stereocenters. The third-order valence-corrected chi connectivity index (χ3v) is 15.9. The first-order valence-corrected chi connectivity index (χ1v) is 19.3. The molecule has 0 aromatic carbocycles. The normalized spacial score (nSPS) is 44.4. The number of rotatable bonds is 9. The number of epoxide rings is 1. The van der Waals surface area contributed by atoms with Gasteiger partial charge in [-0.05, 0) is 131 Å². The number of carbonyl (C=O) groups is 1. The van der Waals surface area contributed by atoms with Gasteiger partial charge in [0.15, 0.2) is 5.78 Å². The molecule has 2 aliphatic heterocycles. The first-order valence-electron chi connectivity index (χ1n) is 19.3. The molecule has 0 aromatic rings. The molecule has 9 heteroatoms. The molecule has 9 nitrogen and oxygen atoms in total. The van der Waals surface area contributed by atoms with Gasteiger partial charge in [-0.1, -0.05) is 39.2 Å². The van der Waals surface area contributed by atoms with Crippen molar-refractivity contribution in [3.63, 3.8) is 0 Å². The van der Waals surface area contributed by atoms with E-state index in [1.165, 1.54) is 19.3 Å². The van der Waals surface area contributed by atoms with Gasteiger partial charge in [-0.25, -0.2) is 0 Å². The Balaban J connectivity index is 1.14. The van der Waals surface area contributed by atoms with Crippen molar-refractivity contribution in [3.8, 4) is 0 Å². The highest BCUT2D eigenvalue weighted by atomic mass is 16.6. The summed E-state index contributed by atoms with van der Waals surface area (Å²) in [4.78, 5) is 14.1. The first kappa shape index (κ1) is 35.6. The van der Waals surface area contributed by atoms with E-state index in [-0.39, 0.29) is 35.6 Å². The minimum Gasteiger partial charge on any atom is -0.396 e. The van der Waals surface area contributed by atoms with Crippen molar-refractivity contribution in [1.82, 2.24) is 5.32 Å². The Morgan fingerprint density at radius 1 is 0.980 bits per heavy atom. The maximum atomic E-state index is 14.1. The van der Waals surface area contributed by atoms with Crippen molar-refractivity contribution in [1.29, 1.82) is 0 Å². The standard InChI is InChI=1S/C40H62N2O7/c1-35(23-43,15-10-24-14-19-42-32(41)20-24)38(4,47)34-33(49-34)37(3,46)31-13-18-40(48)28-22-30(45)29-21-26(44)11-17-39(29,25-8-6-5-7-9-25)27(28)12-16-36(31,40)2/h14,20,22,25-27,29,31,33-34,42-44,46-48H,5-13,15-19,21,23,41H2,1-4H3. The van der Waals surface area contributed by atoms with Crippen molar-refractivity contribution >= 4 is 5.78 Å². The molecule has 12 atom stereocenters. The number of aliphatic hydroxyl groups is 5. The number of dihydropyridines is 1. The fourth-order valence-electron chi connectivity index (χ4n) is 12.6. The smallest absolute Gasteiger partial charge is 0.159 e. The van der Waals surface area contributed by atoms with E-state index in [9.17, 15) is 30.3 Å². The van der Waals surface area contributed by atoms with Crippen LogP contribution in [0, 0.1) is 39.9 Å². The lowest BCUT2D eigenvalue weighted by Gasteiger charge is -2.63. The summed E-state index contributed by atoms with van der Waals surface area (Å²) in [6, 6.07) is 0. The van der Waals surface area contributed by atoms with Gasteiger partial charge in [0.05, 0.1) is 35.3 Å². The summed E-state index contributed by atoms with van der Waals surface area (Å²) in [6.07, 6.45) is 15.6. The minimum atomic E-state index is -1.43. The van der Waals surface area contributed by atoms with E-state index in [1.807, 2.05) is 13.0 Å². The number of aliphatic hydroxyl groups excluding tert-OH is 2. The van der Waals surface area contributed by atoms with Crippen LogP contribution in [-0.4, -0.2) is 79.6 Å². The second-order valence-corrected chi connectivity index (χ2v) is 18.2. The molecule has 4 saturated carbocycles. The largest absolute Gasteiger partial charge is 0.396 e. The monoisotopic (exact) mass is 682 g/mol. The Morgan fingerprint density at radius 3 is 2.41 bits per heavy atom. The zero-order valence-corrected chi connectivity index (χ0v) is 30.2. The molecule has 49 heavy (non-hydrogen) atoms. The molecular weight excluding hydrogens is 620 g/mol. The number of fused-ring (bicyclic) bond motifs is 5. The fraction of sp³-hybridized carbons (Fsp3) is 0.825. The van der Waals surface area contributed by atoms with Crippen molar-refractivity contribution in [2.24, 2.45) is 45.7 Å². The van der Waals surface area contributed by atoms with Gasteiger partial charge in [-0.15, -0.1) is 0 Å². The van der Waals surface area contributed by atoms with E-state index in [1.54, 1.807) is 19.9 Å². The number of hydrogen-bond acceptors (Lipinski definition) is 9. The zero-order chi connectivity index (χ0) is 35.2. The van der Waals surface area contributed by atoms with Gasteiger partial charge in [0.25, 0.3) is 0 Å². The summed E-state index contributed by atoms with van der Waals surface area (Å²) in [5, 5.41) is 61.9. The molecule has 2 heterocycles. The maximum Gasteiger partial charge on any atom is 0.159 e. The molecule has 0 amide bonds. The molecule has 0 spiro atoms. The molecule has 0 bridgehead atoms. The average molecular weight is 683 g/mol. The highest BCUT2D eigenvalue weighted by Gasteiger charge is 2.73. The highest BCUT2D eigenvalue weighted by Crippen LogP contribution is 2.71. The molecule has 8 N–H and O–H groups in total. The molecule has 274 valence electrons. The van der Waals surface area contributed by atoms with Gasteiger partial charge >= 0.3 is 0 Å². The van der Waals surface area contributed by atoms with E-state index in [0.717, 1.165) is 43.3 Å². The SMILES string of the molecule is CC(O)(C1OC1C(C)(O)C(C)(CO)CCC1=CCNC(N)=C1)C1CCC2(O)C3=CC(=O)C4CC(O)CCC4(C4CCCCC4)C3CCC12C. The minimum absolute atomic E-state index is 0.0758. The predicted molar refractivity (Wildman–Crippen MR) is 187 cm³/mol. The number of nitrogens with one attached hydrogen (secondary N) is 1. The van der Waals surface area contributed by atoms with Gasteiger partial charge in [-0.2, -0.15) is 0 Å². The van der Waals surface area contributed by atoms with Crippen LogP contribution in [0.1, 0.15) is 118 Å². The van der Waals surface area contributed by atoms with Crippen LogP contribution in [0.5, 0.6) is 0 Å². The van der Waals surface area contributed by atoms with E-state index >= 15 is 0 Å². The van der Waals surface area contributed by atoms with E-state index < -0.39 is 45.9 Å². The second-order valence-electron chi connectivity index (χ2n) is 18.2. The van der Waals surface area contributed by atoms with Crippen LogP contribution in [0.25, 0.3) is 0 Å². The van der Waals surface area contributed by atoms with E-state index in [4.69, 9.17) is 10.5 Å². The number of ether oxygens (including phenoxy) is 1. The lowest BCUT2D eigenvalue weighted by atomic mass is 9.42. The lowest BCUT2D eigenvalue weighted by molar-refractivity contribution is -0.165. The molecular formula is C40H62N2O7. The molecule has 0 radical (unpaired) electrons. The quantitative estimate of drug-likeness (QED) is 0.177. The van der Waals surface area contributed by atoms with E-state index in [0.29, 0.717) is 56.8 Å². The van der Waals surface area contributed by atoms with Crippen molar-refractivity contribution in [3.05, 3.63) is 35.2 Å². The molecule has 1 saturated heterocycles. The van der Waals surface area contributed by atoms with Gasteiger partial charge < -0.3 is 41.3 Å². The summed E-state index contributed by atoms with van der Waals surface area (Å²) >= 11 is 0. The van der Waals surface area contributed by atoms with Gasteiger partial charge in [0.1, 0.15) is 12.2 Å². The Labute approximate surface area is 292 Å². The predicted octanol–water partition coefficient (Wildman–Crippen LogP) is 4.16. The Morgan fingerprint density at radius 2 is 1.71 bits per heavy atom. The van der Waals surface area contributed by atoms with E-state index in [2.05, 4.69) is 18.3 Å². The Kier molecular flexibility index (Phi) is 8.85. The number of nitrogens with two attached hydrogens (primary N) is 1. The zero-order valence-electron chi connectivity index (χ0n) is 30.2. The van der Waals surface area contributed by atoms with Crippen molar-refractivity contribution in [2.45, 2.75) is 153 Å². The van der Waals surface area contributed by atoms with Crippen LogP contribution in [0.2, 0.25) is 0 Å². The summed E-state index contributed by atoms with van der Waals surface area (Å²) in [5.74, 6) is 0.691. The van der Waals surface area contributed by atoms with Gasteiger partial charge in [0, 0.05) is 23.3 Å². The van der Waals surface area contributed by atoms with Crippen LogP contribution >= 0.6 is 0 Å². The number of ketones is 1. The number of hydrogen-bond donors (Lipinski definition) is 7. The third kappa shape index (κ3) is 5.26. The molecule has 7 rings (SSSR count). The molecule has 5 aliphatic carbocycles. The average Bonchev–Trinajstić information content (AvgIpc) is 3.85. The second kappa shape index (κ2) is 12.2. The molecule has 5 fully saturated rings. The first-order chi connectivity index (χ1) is 23.0. The lowest BCUT2D eigenvalue weighted by Crippen LogP contribution is -2.63. The Bertz CT molecular complexity index is 1410. The third-order valence-electron chi connectivity index (χ3n) is 15.9. The van der Waals surface area contributed by atoms with Gasteiger partial charge in [-0.3, -0.25) is 4.79 Å². The number of allylic oxidation sites excluding steroid dienone is 3. The van der Waals surface area contributed by atoms with Crippen molar-refractivity contribution in [2.75, 3.05) is 13.2 Å².